The molecule has 0 aliphatic rings. The van der Waals surface area contributed by atoms with Crippen LogP contribution in [-0.2, 0) is 9.59 Å². The summed E-state index contributed by atoms with van der Waals surface area (Å²) in [5, 5.41) is 15.1. The molecule has 0 saturated heterocycles. The quantitative estimate of drug-likeness (QED) is 0.560. The van der Waals surface area contributed by atoms with Crippen LogP contribution in [-0.4, -0.2) is 59.7 Å². The van der Waals surface area contributed by atoms with Crippen molar-refractivity contribution in [2.24, 2.45) is 0 Å². The van der Waals surface area contributed by atoms with Crippen LogP contribution in [0.4, 0.5) is 26.3 Å². The van der Waals surface area contributed by atoms with E-state index in [1.807, 2.05) is 0 Å². The van der Waals surface area contributed by atoms with Crippen LogP contribution in [0.5, 0.6) is 0 Å². The summed E-state index contributed by atoms with van der Waals surface area (Å²) in [6.45, 7) is 0. The van der Waals surface area contributed by atoms with Crippen molar-refractivity contribution in [2.75, 3.05) is 0 Å². The number of alkyl halides is 6. The van der Waals surface area contributed by atoms with E-state index < -0.39 is 29.7 Å². The summed E-state index contributed by atoms with van der Waals surface area (Å²) in [6.07, 6.45) is 0. The third-order valence-electron chi connectivity index (χ3n) is 1.33. The minimum absolute atomic E-state index is 0. The van der Waals surface area contributed by atoms with Gasteiger partial charge < -0.3 is 10.2 Å². The van der Waals surface area contributed by atoms with Crippen molar-refractivity contribution in [3.05, 3.63) is 0 Å². The van der Waals surface area contributed by atoms with E-state index in [0.29, 0.717) is 0 Å². The molecule has 2 N–H and O–H groups in total. The molecule has 0 atom stereocenters. The number of carbonyl (C=O) groups is 2. The SMILES string of the molecule is O=C(O)C(F)(F)C(F)(F)C(F)(F)C(=O)O.[GaH3]. The average molecular weight is 313 g/mol. The topological polar surface area (TPSA) is 74.6 Å². The van der Waals surface area contributed by atoms with Gasteiger partial charge in [-0.25, -0.2) is 9.59 Å². The molecule has 0 aromatic heterocycles. The van der Waals surface area contributed by atoms with Crippen LogP contribution >= 0.6 is 0 Å². The van der Waals surface area contributed by atoms with E-state index in [0.717, 1.165) is 0 Å². The van der Waals surface area contributed by atoms with E-state index in [4.69, 9.17) is 10.2 Å². The molecule has 0 unspecified atom stereocenters. The van der Waals surface area contributed by atoms with Gasteiger partial charge in [0.1, 0.15) is 0 Å². The molecule has 4 nitrogen and oxygen atoms in total. The zero-order valence-corrected chi connectivity index (χ0v) is 6.48. The molecule has 16 heavy (non-hydrogen) atoms. The molecule has 0 bridgehead atoms. The van der Waals surface area contributed by atoms with Crippen molar-refractivity contribution in [1.82, 2.24) is 0 Å². The molecule has 0 amide bonds. The second kappa shape index (κ2) is 4.57. The summed E-state index contributed by atoms with van der Waals surface area (Å²) in [5.41, 5.74) is 0. The molecule has 0 radical (unpaired) electrons. The van der Waals surface area contributed by atoms with E-state index in [9.17, 15) is 35.9 Å². The number of halogens is 6. The van der Waals surface area contributed by atoms with Gasteiger partial charge in [0.2, 0.25) is 0 Å². The van der Waals surface area contributed by atoms with Crippen LogP contribution in [0.1, 0.15) is 0 Å². The Hall–Kier alpha value is -0.844. The molecular weight excluding hydrogens is 308 g/mol. The molecule has 0 heterocycles. The Kier molecular flexibility index (Phi) is 5.01. The predicted octanol–water partition coefficient (Wildman–Crippen LogP) is -0.122. The standard InChI is InChI=1S/C5H2F6O4.Ga.3H/c6-3(7,1(12)13)5(10,11)4(8,9)2(14)15;;;;/h(H,12,13)(H,14,15);;;;. The van der Waals surface area contributed by atoms with Crippen molar-refractivity contribution in [2.45, 2.75) is 17.8 Å². The summed E-state index contributed by atoms with van der Waals surface area (Å²) in [5.74, 6) is -26.0. The molecule has 0 aromatic rings. The van der Waals surface area contributed by atoms with Gasteiger partial charge >= 0.3 is 49.5 Å². The number of carboxylic acid groups (broad SMARTS) is 2. The maximum atomic E-state index is 12.2. The second-order valence-corrected chi connectivity index (χ2v) is 2.33. The van der Waals surface area contributed by atoms with Crippen molar-refractivity contribution >= 4 is 31.7 Å². The summed E-state index contributed by atoms with van der Waals surface area (Å²) in [7, 11) is 0. The Bertz CT molecular complexity index is 275. The normalized spacial score (nSPS) is 12.9. The number of hydrogen-bond donors (Lipinski definition) is 2. The molecule has 94 valence electrons. The van der Waals surface area contributed by atoms with Crippen molar-refractivity contribution in [3.63, 3.8) is 0 Å². The van der Waals surface area contributed by atoms with Crippen molar-refractivity contribution in [1.29, 1.82) is 0 Å². The van der Waals surface area contributed by atoms with Gasteiger partial charge in [0, 0.05) is 0 Å². The Morgan fingerprint density at radius 1 is 0.750 bits per heavy atom. The van der Waals surface area contributed by atoms with Crippen LogP contribution in [0.25, 0.3) is 0 Å². The molecule has 0 aromatic carbocycles. The first-order chi connectivity index (χ1) is 6.39. The van der Waals surface area contributed by atoms with Crippen LogP contribution < -0.4 is 0 Å². The van der Waals surface area contributed by atoms with E-state index in [1.165, 1.54) is 0 Å². The fraction of sp³-hybridized carbons (Fsp3) is 0.600. The Labute approximate surface area is 96.3 Å². The monoisotopic (exact) mass is 312 g/mol. The van der Waals surface area contributed by atoms with Gasteiger partial charge in [0.25, 0.3) is 0 Å². The van der Waals surface area contributed by atoms with Gasteiger partial charge in [0.15, 0.2) is 0 Å². The number of hydrogen-bond acceptors (Lipinski definition) is 2. The molecule has 0 fully saturated rings. The minimum atomic E-state index is -6.53. The third-order valence-corrected chi connectivity index (χ3v) is 1.33. The summed E-state index contributed by atoms with van der Waals surface area (Å²) >= 11 is 0. The van der Waals surface area contributed by atoms with Crippen LogP contribution in [0.15, 0.2) is 0 Å². The van der Waals surface area contributed by atoms with Crippen LogP contribution in [0, 0.1) is 0 Å². The number of aliphatic carboxylic acids is 2. The Balaban J connectivity index is 0. The first kappa shape index (κ1) is 17.5. The fourth-order valence-electron chi connectivity index (χ4n) is 0.466. The molecule has 0 aliphatic heterocycles. The van der Waals surface area contributed by atoms with E-state index >= 15 is 0 Å². The number of rotatable bonds is 4. The summed E-state index contributed by atoms with van der Waals surface area (Å²) in [4.78, 5) is 19.2. The van der Waals surface area contributed by atoms with Crippen molar-refractivity contribution in [3.8, 4) is 0 Å². The molecular formula is C5H5F6GaO4. The zero-order chi connectivity index (χ0) is 12.7. The molecule has 0 saturated carbocycles. The maximum absolute atomic E-state index is 12.2. The van der Waals surface area contributed by atoms with E-state index in [1.54, 1.807) is 0 Å². The average Bonchev–Trinajstić information content (AvgIpc) is 2.02. The van der Waals surface area contributed by atoms with Gasteiger partial charge in [-0.2, -0.15) is 26.3 Å². The molecule has 0 aliphatic carbocycles. The Morgan fingerprint density at radius 3 is 1.06 bits per heavy atom. The molecule has 0 rings (SSSR count). The van der Waals surface area contributed by atoms with Crippen molar-refractivity contribution < 1.29 is 46.1 Å². The summed E-state index contributed by atoms with van der Waals surface area (Å²) in [6, 6.07) is 0. The van der Waals surface area contributed by atoms with Gasteiger partial charge in [0.05, 0.1) is 0 Å². The van der Waals surface area contributed by atoms with Gasteiger partial charge in [-0.3, -0.25) is 0 Å². The summed E-state index contributed by atoms with van der Waals surface area (Å²) < 4.78 is 72.8. The predicted molar refractivity (Wildman–Crippen MR) is 40.1 cm³/mol. The fourth-order valence-corrected chi connectivity index (χ4v) is 0.466. The first-order valence-electron chi connectivity index (χ1n) is 2.99. The second-order valence-electron chi connectivity index (χ2n) is 2.33. The zero-order valence-electron chi connectivity index (χ0n) is 6.48. The Morgan fingerprint density at radius 2 is 0.938 bits per heavy atom. The molecule has 0 spiro atoms. The van der Waals surface area contributed by atoms with Gasteiger partial charge in [-0.1, -0.05) is 0 Å². The first-order valence-corrected chi connectivity index (χ1v) is 2.99. The molecule has 11 heteroatoms. The van der Waals surface area contributed by atoms with Gasteiger partial charge in [-0.15, -0.1) is 0 Å². The van der Waals surface area contributed by atoms with Gasteiger partial charge in [-0.05, 0) is 0 Å². The van der Waals surface area contributed by atoms with Crippen LogP contribution in [0.3, 0.4) is 0 Å². The number of carboxylic acids is 2. The van der Waals surface area contributed by atoms with E-state index in [-0.39, 0.29) is 19.8 Å². The van der Waals surface area contributed by atoms with E-state index in [2.05, 4.69) is 0 Å². The third kappa shape index (κ3) is 2.29. The van der Waals surface area contributed by atoms with Crippen LogP contribution in [0.2, 0.25) is 0 Å².